The Morgan fingerprint density at radius 2 is 2.17 bits per heavy atom. The van der Waals surface area contributed by atoms with Crippen molar-refractivity contribution in [1.82, 2.24) is 9.88 Å². The molecule has 3 rings (SSSR count). The minimum atomic E-state index is -0.135. The first-order chi connectivity index (χ1) is 11.7. The quantitative estimate of drug-likeness (QED) is 0.684. The molecule has 6 heteroatoms. The maximum Gasteiger partial charge on any atom is 0.267 e. The van der Waals surface area contributed by atoms with Gasteiger partial charge in [0.25, 0.3) is 5.91 Å². The summed E-state index contributed by atoms with van der Waals surface area (Å²) in [4.78, 5) is 23.4. The summed E-state index contributed by atoms with van der Waals surface area (Å²) in [6, 6.07) is 12.1. The van der Waals surface area contributed by atoms with Crippen LogP contribution in [0.4, 0.5) is 5.69 Å². The first-order valence-electron chi connectivity index (χ1n) is 7.28. The fourth-order valence-electron chi connectivity index (χ4n) is 2.15. The van der Waals surface area contributed by atoms with E-state index in [0.717, 1.165) is 0 Å². The summed E-state index contributed by atoms with van der Waals surface area (Å²) < 4.78 is 0. The number of aliphatic imine (C=N–C) groups is 1. The molecule has 1 aromatic heterocycles. The average molecular weight is 337 g/mol. The molecule has 1 fully saturated rings. The molecule has 0 atom stereocenters. The van der Waals surface area contributed by atoms with Crippen molar-refractivity contribution in [3.8, 4) is 5.75 Å². The van der Waals surface area contributed by atoms with E-state index in [1.807, 2.05) is 18.2 Å². The Morgan fingerprint density at radius 3 is 2.88 bits per heavy atom. The maximum atomic E-state index is 12.6. The molecular weight excluding hydrogens is 322 g/mol. The number of amides is 1. The van der Waals surface area contributed by atoms with E-state index in [0.29, 0.717) is 28.0 Å². The van der Waals surface area contributed by atoms with Crippen molar-refractivity contribution in [2.24, 2.45) is 4.99 Å². The molecule has 1 saturated heterocycles. The molecule has 1 amide bonds. The van der Waals surface area contributed by atoms with Crippen LogP contribution in [0.3, 0.4) is 0 Å². The van der Waals surface area contributed by atoms with Gasteiger partial charge in [-0.25, -0.2) is 4.99 Å². The zero-order valence-corrected chi connectivity index (χ0v) is 13.6. The number of nitrogens with zero attached hydrogens (tertiary/aromatic N) is 3. The standard InChI is InChI=1S/C18H15N3O2S/c1-2-10-21-17(23)16(12-13-6-3-4-9-19-13)24-18(21)20-14-7-5-8-15(22)11-14/h2-9,11-12,22H,1,10H2/b16-12-,20-18?. The van der Waals surface area contributed by atoms with E-state index >= 15 is 0 Å². The van der Waals surface area contributed by atoms with Crippen molar-refractivity contribution >= 4 is 34.6 Å². The number of rotatable bonds is 4. The molecule has 0 radical (unpaired) electrons. The highest BCUT2D eigenvalue weighted by Gasteiger charge is 2.32. The summed E-state index contributed by atoms with van der Waals surface area (Å²) in [7, 11) is 0. The van der Waals surface area contributed by atoms with Crippen molar-refractivity contribution in [3.05, 3.63) is 71.9 Å². The van der Waals surface area contributed by atoms with Crippen molar-refractivity contribution in [2.45, 2.75) is 0 Å². The van der Waals surface area contributed by atoms with Gasteiger partial charge in [-0.2, -0.15) is 0 Å². The van der Waals surface area contributed by atoms with Gasteiger partial charge in [-0.05, 0) is 42.1 Å². The first-order valence-corrected chi connectivity index (χ1v) is 8.10. The second kappa shape index (κ2) is 7.14. The van der Waals surface area contributed by atoms with Gasteiger partial charge in [-0.1, -0.05) is 18.2 Å². The molecule has 5 nitrogen and oxygen atoms in total. The summed E-state index contributed by atoms with van der Waals surface area (Å²) in [5.74, 6) is -0.00449. The van der Waals surface area contributed by atoms with Crippen molar-refractivity contribution < 1.29 is 9.90 Å². The Kier molecular flexibility index (Phi) is 4.77. The first kappa shape index (κ1) is 16.0. The van der Waals surface area contributed by atoms with Gasteiger partial charge in [-0.15, -0.1) is 6.58 Å². The van der Waals surface area contributed by atoms with Crippen LogP contribution in [0.5, 0.6) is 5.75 Å². The summed E-state index contributed by atoms with van der Waals surface area (Å²) in [5.41, 5.74) is 1.30. The number of aromatic nitrogens is 1. The molecule has 0 saturated carbocycles. The third-order valence-electron chi connectivity index (χ3n) is 3.22. The molecule has 2 aromatic rings. The van der Waals surface area contributed by atoms with Crippen molar-refractivity contribution in [1.29, 1.82) is 0 Å². The van der Waals surface area contributed by atoms with Crippen LogP contribution < -0.4 is 0 Å². The molecule has 24 heavy (non-hydrogen) atoms. The van der Waals surface area contributed by atoms with E-state index in [1.54, 1.807) is 47.5 Å². The van der Waals surface area contributed by atoms with E-state index in [4.69, 9.17) is 0 Å². The molecule has 0 spiro atoms. The Labute approximate surface area is 144 Å². The molecule has 120 valence electrons. The SMILES string of the molecule is C=CCN1C(=O)/C(=C/c2ccccn2)SC1=Nc1cccc(O)c1. The lowest BCUT2D eigenvalue weighted by Gasteiger charge is -2.12. The van der Waals surface area contributed by atoms with Gasteiger partial charge in [0.05, 0.1) is 16.3 Å². The fraction of sp³-hybridized carbons (Fsp3) is 0.0556. The third-order valence-corrected chi connectivity index (χ3v) is 4.23. The molecular formula is C18H15N3O2S. The van der Waals surface area contributed by atoms with Gasteiger partial charge in [-0.3, -0.25) is 14.7 Å². The Balaban J connectivity index is 1.95. The van der Waals surface area contributed by atoms with Gasteiger partial charge >= 0.3 is 0 Å². The lowest BCUT2D eigenvalue weighted by Crippen LogP contribution is -2.29. The minimum absolute atomic E-state index is 0.130. The highest BCUT2D eigenvalue weighted by molar-refractivity contribution is 8.18. The van der Waals surface area contributed by atoms with Gasteiger partial charge < -0.3 is 5.11 Å². The van der Waals surface area contributed by atoms with Crippen molar-refractivity contribution in [3.63, 3.8) is 0 Å². The number of phenols is 1. The normalized spacial score (nSPS) is 17.7. The van der Waals surface area contributed by atoms with Crippen LogP contribution in [-0.4, -0.2) is 32.6 Å². The molecule has 1 aliphatic rings. The lowest BCUT2D eigenvalue weighted by atomic mass is 10.3. The van der Waals surface area contributed by atoms with Crippen LogP contribution in [0.15, 0.2) is 71.2 Å². The molecule has 2 heterocycles. The number of carbonyl (C=O) groups excluding carboxylic acids is 1. The maximum absolute atomic E-state index is 12.6. The Morgan fingerprint density at radius 1 is 1.29 bits per heavy atom. The third kappa shape index (κ3) is 3.55. The number of pyridine rings is 1. The number of benzene rings is 1. The number of amidine groups is 1. The predicted molar refractivity (Wildman–Crippen MR) is 96.9 cm³/mol. The van der Waals surface area contributed by atoms with Gasteiger partial charge in [0.15, 0.2) is 5.17 Å². The molecule has 1 N–H and O–H groups in total. The topological polar surface area (TPSA) is 65.8 Å². The van der Waals surface area contributed by atoms with E-state index in [1.165, 1.54) is 11.8 Å². The Bertz CT molecular complexity index is 831. The smallest absolute Gasteiger partial charge is 0.267 e. The highest BCUT2D eigenvalue weighted by atomic mass is 32.2. The van der Waals surface area contributed by atoms with Gasteiger partial charge in [0, 0.05) is 18.8 Å². The monoisotopic (exact) mass is 337 g/mol. The largest absolute Gasteiger partial charge is 0.508 e. The number of carbonyl (C=O) groups is 1. The molecule has 0 unspecified atom stereocenters. The van der Waals surface area contributed by atoms with Crippen LogP contribution in [-0.2, 0) is 4.79 Å². The fourth-order valence-corrected chi connectivity index (χ4v) is 3.14. The highest BCUT2D eigenvalue weighted by Crippen LogP contribution is 2.34. The average Bonchev–Trinajstić information content (AvgIpc) is 2.85. The van der Waals surface area contributed by atoms with E-state index in [9.17, 15) is 9.90 Å². The molecule has 1 aromatic carbocycles. The van der Waals surface area contributed by atoms with Crippen LogP contribution in [0.1, 0.15) is 5.69 Å². The predicted octanol–water partition coefficient (Wildman–Crippen LogP) is 3.58. The molecule has 0 bridgehead atoms. The summed E-state index contributed by atoms with van der Waals surface area (Å²) in [6.07, 6.45) is 5.08. The van der Waals surface area contributed by atoms with Gasteiger partial charge in [0.2, 0.25) is 0 Å². The summed E-state index contributed by atoms with van der Waals surface area (Å²) >= 11 is 1.28. The lowest BCUT2D eigenvalue weighted by molar-refractivity contribution is -0.121. The number of hydrogen-bond donors (Lipinski definition) is 1. The van der Waals surface area contributed by atoms with Crippen LogP contribution >= 0.6 is 11.8 Å². The van der Waals surface area contributed by atoms with Gasteiger partial charge in [0.1, 0.15) is 5.75 Å². The second-order valence-electron chi connectivity index (χ2n) is 4.98. The molecule has 1 aliphatic heterocycles. The summed E-state index contributed by atoms with van der Waals surface area (Å²) in [6.45, 7) is 4.06. The minimum Gasteiger partial charge on any atom is -0.508 e. The Hall–Kier alpha value is -2.86. The number of phenolic OH excluding ortho intramolecular Hbond substituents is 1. The van der Waals surface area contributed by atoms with Crippen LogP contribution in [0.25, 0.3) is 6.08 Å². The zero-order chi connectivity index (χ0) is 16.9. The zero-order valence-electron chi connectivity index (χ0n) is 12.8. The second-order valence-corrected chi connectivity index (χ2v) is 5.99. The van der Waals surface area contributed by atoms with E-state index < -0.39 is 0 Å². The number of aromatic hydroxyl groups is 1. The molecule has 0 aliphatic carbocycles. The van der Waals surface area contributed by atoms with Crippen LogP contribution in [0.2, 0.25) is 0 Å². The van der Waals surface area contributed by atoms with E-state index in [2.05, 4.69) is 16.6 Å². The summed E-state index contributed by atoms with van der Waals surface area (Å²) in [5, 5.41) is 10.1. The number of thioether (sulfide) groups is 1. The van der Waals surface area contributed by atoms with E-state index in [-0.39, 0.29) is 11.7 Å². The van der Waals surface area contributed by atoms with Crippen molar-refractivity contribution in [2.75, 3.05) is 6.54 Å². The number of hydrogen-bond acceptors (Lipinski definition) is 5. The van der Waals surface area contributed by atoms with Crippen LogP contribution in [0, 0.1) is 0 Å².